The van der Waals surface area contributed by atoms with Gasteiger partial charge in [-0.15, -0.1) is 0 Å². The first-order chi connectivity index (χ1) is 8.69. The van der Waals surface area contributed by atoms with Gasteiger partial charge in [0, 0.05) is 0 Å². The fraction of sp³-hybridized carbons (Fsp3) is 0.500. The molecule has 7 nitrogen and oxygen atoms in total. The number of hydrogen-bond donors (Lipinski definition) is 1. The van der Waals surface area contributed by atoms with Gasteiger partial charge in [-0.1, -0.05) is 18.5 Å². The SMILES string of the molecule is CC[C@@H]1OC[C@H](n2cnc3c(Cl)nc(N)nc32)O1. The molecule has 8 heteroatoms. The highest BCUT2D eigenvalue weighted by molar-refractivity contribution is 6.33. The van der Waals surface area contributed by atoms with Crippen molar-refractivity contribution in [1.29, 1.82) is 0 Å². The maximum Gasteiger partial charge on any atom is 0.223 e. The van der Waals surface area contributed by atoms with E-state index in [0.29, 0.717) is 17.8 Å². The van der Waals surface area contributed by atoms with E-state index < -0.39 is 0 Å². The van der Waals surface area contributed by atoms with Crippen LogP contribution in [0, 0.1) is 0 Å². The van der Waals surface area contributed by atoms with E-state index in [2.05, 4.69) is 15.0 Å². The minimum atomic E-state index is -0.259. The molecule has 3 rings (SSSR count). The quantitative estimate of drug-likeness (QED) is 0.828. The second-order valence-corrected chi connectivity index (χ2v) is 4.32. The third-order valence-corrected chi connectivity index (χ3v) is 3.04. The molecule has 0 saturated carbocycles. The number of fused-ring (bicyclic) bond motifs is 1. The molecule has 2 atom stereocenters. The molecule has 1 fully saturated rings. The molecule has 1 saturated heterocycles. The predicted octanol–water partition coefficient (Wildman–Crippen LogP) is 1.34. The average molecular weight is 270 g/mol. The summed E-state index contributed by atoms with van der Waals surface area (Å²) < 4.78 is 12.9. The summed E-state index contributed by atoms with van der Waals surface area (Å²) in [7, 11) is 0. The van der Waals surface area contributed by atoms with Crippen LogP contribution in [0.25, 0.3) is 11.2 Å². The molecule has 18 heavy (non-hydrogen) atoms. The van der Waals surface area contributed by atoms with Gasteiger partial charge in [0.2, 0.25) is 5.95 Å². The van der Waals surface area contributed by atoms with Crippen LogP contribution in [-0.4, -0.2) is 32.4 Å². The molecule has 3 heterocycles. The van der Waals surface area contributed by atoms with Gasteiger partial charge in [-0.3, -0.25) is 4.57 Å². The first-order valence-electron chi connectivity index (χ1n) is 5.61. The zero-order chi connectivity index (χ0) is 12.7. The summed E-state index contributed by atoms with van der Waals surface area (Å²) in [6, 6.07) is 0. The van der Waals surface area contributed by atoms with Gasteiger partial charge in [-0.2, -0.15) is 9.97 Å². The molecule has 0 spiro atoms. The highest BCUT2D eigenvalue weighted by atomic mass is 35.5. The zero-order valence-corrected chi connectivity index (χ0v) is 10.5. The number of nitrogens with two attached hydrogens (primary N) is 1. The summed E-state index contributed by atoms with van der Waals surface area (Å²) in [5, 5.41) is 0.238. The lowest BCUT2D eigenvalue weighted by molar-refractivity contribution is -0.0715. The van der Waals surface area contributed by atoms with Gasteiger partial charge in [0.15, 0.2) is 23.3 Å². The smallest absolute Gasteiger partial charge is 0.223 e. The van der Waals surface area contributed by atoms with E-state index >= 15 is 0 Å². The lowest BCUT2D eigenvalue weighted by Gasteiger charge is -2.11. The molecule has 1 aliphatic heterocycles. The average Bonchev–Trinajstić information content (AvgIpc) is 2.93. The lowest BCUT2D eigenvalue weighted by Crippen LogP contribution is -2.12. The van der Waals surface area contributed by atoms with Crippen LogP contribution >= 0.6 is 11.6 Å². The summed E-state index contributed by atoms with van der Waals surface area (Å²) in [5.41, 5.74) is 6.65. The van der Waals surface area contributed by atoms with Crippen LogP contribution in [0.1, 0.15) is 19.6 Å². The number of ether oxygens (including phenoxy) is 2. The summed E-state index contributed by atoms with van der Waals surface area (Å²) in [5.74, 6) is 0.111. The van der Waals surface area contributed by atoms with Gasteiger partial charge in [0.1, 0.15) is 5.52 Å². The fourth-order valence-corrected chi connectivity index (χ4v) is 2.13. The number of imidazole rings is 1. The van der Waals surface area contributed by atoms with Crippen LogP contribution < -0.4 is 5.73 Å². The van der Waals surface area contributed by atoms with Crippen LogP contribution in [0.15, 0.2) is 6.33 Å². The lowest BCUT2D eigenvalue weighted by atomic mass is 10.5. The van der Waals surface area contributed by atoms with Gasteiger partial charge >= 0.3 is 0 Å². The first kappa shape index (κ1) is 11.6. The Bertz CT molecular complexity index is 587. The molecule has 96 valence electrons. The van der Waals surface area contributed by atoms with E-state index in [4.69, 9.17) is 26.8 Å². The van der Waals surface area contributed by atoms with E-state index in [1.165, 1.54) is 0 Å². The van der Waals surface area contributed by atoms with Gasteiger partial charge in [-0.25, -0.2) is 4.98 Å². The van der Waals surface area contributed by atoms with Gasteiger partial charge in [0.05, 0.1) is 12.9 Å². The molecule has 2 N–H and O–H groups in total. The van der Waals surface area contributed by atoms with E-state index in [1.54, 1.807) is 10.9 Å². The molecule has 0 unspecified atom stereocenters. The van der Waals surface area contributed by atoms with Crippen molar-refractivity contribution < 1.29 is 9.47 Å². The Hall–Kier alpha value is -1.44. The molecule has 0 aromatic carbocycles. The Balaban J connectivity index is 2.03. The summed E-state index contributed by atoms with van der Waals surface area (Å²) in [4.78, 5) is 12.2. The van der Waals surface area contributed by atoms with Crippen molar-refractivity contribution in [2.24, 2.45) is 0 Å². The Morgan fingerprint density at radius 3 is 3.11 bits per heavy atom. The van der Waals surface area contributed by atoms with Crippen molar-refractivity contribution in [2.45, 2.75) is 25.9 Å². The second-order valence-electron chi connectivity index (χ2n) is 3.96. The Morgan fingerprint density at radius 1 is 1.56 bits per heavy atom. The number of hydrogen-bond acceptors (Lipinski definition) is 6. The molecule has 0 amide bonds. The van der Waals surface area contributed by atoms with Crippen LogP contribution in [0.4, 0.5) is 5.95 Å². The van der Waals surface area contributed by atoms with Crippen molar-refractivity contribution in [3.63, 3.8) is 0 Å². The highest BCUT2D eigenvalue weighted by Crippen LogP contribution is 2.27. The van der Waals surface area contributed by atoms with Crippen LogP contribution in [0.2, 0.25) is 5.15 Å². The summed E-state index contributed by atoms with van der Waals surface area (Å²) in [6.45, 7) is 2.45. The van der Waals surface area contributed by atoms with Crippen molar-refractivity contribution in [3.05, 3.63) is 11.5 Å². The molecule has 0 radical (unpaired) electrons. The Kier molecular flexibility index (Phi) is 2.81. The number of anilines is 1. The van der Waals surface area contributed by atoms with Gasteiger partial charge in [-0.05, 0) is 6.42 Å². The predicted molar refractivity (Wildman–Crippen MR) is 64.9 cm³/mol. The minimum Gasteiger partial charge on any atom is -0.368 e. The van der Waals surface area contributed by atoms with Crippen LogP contribution in [0.5, 0.6) is 0 Å². The number of nitrogen functional groups attached to an aromatic ring is 1. The van der Waals surface area contributed by atoms with Crippen LogP contribution in [-0.2, 0) is 9.47 Å². The zero-order valence-electron chi connectivity index (χ0n) is 9.71. The number of nitrogens with zero attached hydrogens (tertiary/aromatic N) is 4. The Morgan fingerprint density at radius 2 is 2.39 bits per heavy atom. The third kappa shape index (κ3) is 1.80. The van der Waals surface area contributed by atoms with E-state index in [-0.39, 0.29) is 23.6 Å². The highest BCUT2D eigenvalue weighted by Gasteiger charge is 2.28. The molecule has 1 aliphatic rings. The number of aromatic nitrogens is 4. The van der Waals surface area contributed by atoms with Gasteiger partial charge < -0.3 is 15.2 Å². The maximum absolute atomic E-state index is 5.96. The maximum atomic E-state index is 5.96. The van der Waals surface area contributed by atoms with Crippen molar-refractivity contribution >= 4 is 28.7 Å². The standard InChI is InChI=1S/C10H12ClN5O2/c1-2-6-17-3-5(18-6)16-4-13-7-8(11)14-10(12)15-9(7)16/h4-6H,2-3H2,1H3,(H2,12,14,15)/t5-,6-/m1/s1. The van der Waals surface area contributed by atoms with E-state index in [1.807, 2.05) is 6.92 Å². The third-order valence-electron chi connectivity index (χ3n) is 2.77. The van der Waals surface area contributed by atoms with Crippen molar-refractivity contribution in [2.75, 3.05) is 12.3 Å². The van der Waals surface area contributed by atoms with E-state index in [0.717, 1.165) is 6.42 Å². The summed E-state index contributed by atoms with van der Waals surface area (Å²) in [6.07, 6.45) is 1.95. The minimum absolute atomic E-state index is 0.111. The van der Waals surface area contributed by atoms with E-state index in [9.17, 15) is 0 Å². The molecule has 2 aromatic rings. The second kappa shape index (κ2) is 4.34. The molecular weight excluding hydrogens is 258 g/mol. The number of rotatable bonds is 2. The molecule has 0 bridgehead atoms. The Labute approximate surface area is 108 Å². The van der Waals surface area contributed by atoms with Crippen LogP contribution in [0.3, 0.4) is 0 Å². The first-order valence-corrected chi connectivity index (χ1v) is 5.99. The molecule has 2 aromatic heterocycles. The summed E-state index contributed by atoms with van der Waals surface area (Å²) >= 11 is 5.96. The topological polar surface area (TPSA) is 88.1 Å². The van der Waals surface area contributed by atoms with Crippen molar-refractivity contribution in [1.82, 2.24) is 19.5 Å². The van der Waals surface area contributed by atoms with Gasteiger partial charge in [0.25, 0.3) is 0 Å². The number of halogens is 1. The van der Waals surface area contributed by atoms with Crippen molar-refractivity contribution in [3.8, 4) is 0 Å². The molecule has 0 aliphatic carbocycles. The molecular formula is C10H12ClN5O2. The largest absolute Gasteiger partial charge is 0.368 e. The monoisotopic (exact) mass is 269 g/mol. The fourth-order valence-electron chi connectivity index (χ4n) is 1.91. The normalized spacial score (nSPS) is 23.9.